The summed E-state index contributed by atoms with van der Waals surface area (Å²) >= 11 is 0. The molecule has 144 valence electrons. The SMILES string of the molecule is CN(c1cccc(-c2ccccc2)c1)c1cccc(-c2ccc3ccccc3c2)c1. The van der Waals surface area contributed by atoms with E-state index < -0.39 is 0 Å². The zero-order valence-corrected chi connectivity index (χ0v) is 17.0. The van der Waals surface area contributed by atoms with Crippen LogP contribution in [0.2, 0.25) is 0 Å². The largest absolute Gasteiger partial charge is 0.345 e. The predicted octanol–water partition coefficient (Wildman–Crippen LogP) is 7.94. The highest BCUT2D eigenvalue weighted by atomic mass is 15.1. The molecule has 0 fully saturated rings. The molecule has 0 aliphatic carbocycles. The Morgan fingerprint density at radius 1 is 0.400 bits per heavy atom. The van der Waals surface area contributed by atoms with Crippen molar-refractivity contribution in [2.24, 2.45) is 0 Å². The van der Waals surface area contributed by atoms with Crippen LogP contribution in [0.4, 0.5) is 11.4 Å². The van der Waals surface area contributed by atoms with Gasteiger partial charge in [0.25, 0.3) is 0 Å². The first-order chi connectivity index (χ1) is 14.8. The van der Waals surface area contributed by atoms with Gasteiger partial charge < -0.3 is 4.90 Å². The zero-order valence-electron chi connectivity index (χ0n) is 17.0. The van der Waals surface area contributed by atoms with E-state index in [1.165, 1.54) is 44.4 Å². The van der Waals surface area contributed by atoms with E-state index in [9.17, 15) is 0 Å². The number of hydrogen-bond donors (Lipinski definition) is 0. The summed E-state index contributed by atoms with van der Waals surface area (Å²) in [6.45, 7) is 0. The number of rotatable bonds is 4. The maximum Gasteiger partial charge on any atom is 0.0414 e. The fourth-order valence-electron chi connectivity index (χ4n) is 3.94. The summed E-state index contributed by atoms with van der Waals surface area (Å²) < 4.78 is 0. The van der Waals surface area contributed by atoms with Crippen LogP contribution >= 0.6 is 0 Å². The summed E-state index contributed by atoms with van der Waals surface area (Å²) in [6, 6.07) is 43.1. The van der Waals surface area contributed by atoms with Crippen LogP contribution in [0.5, 0.6) is 0 Å². The van der Waals surface area contributed by atoms with E-state index in [1.54, 1.807) is 0 Å². The van der Waals surface area contributed by atoms with Crippen molar-refractivity contribution < 1.29 is 0 Å². The van der Waals surface area contributed by atoms with Gasteiger partial charge >= 0.3 is 0 Å². The highest BCUT2D eigenvalue weighted by Gasteiger charge is 2.08. The average Bonchev–Trinajstić information content (AvgIpc) is 2.84. The molecule has 1 heteroatoms. The molecular weight excluding hydrogens is 362 g/mol. The molecule has 0 N–H and O–H groups in total. The molecule has 1 nitrogen and oxygen atoms in total. The third-order valence-electron chi connectivity index (χ3n) is 5.66. The Balaban J connectivity index is 1.49. The van der Waals surface area contributed by atoms with Crippen LogP contribution in [-0.4, -0.2) is 7.05 Å². The van der Waals surface area contributed by atoms with Crippen LogP contribution in [0.1, 0.15) is 0 Å². The Kier molecular flexibility index (Phi) is 4.78. The van der Waals surface area contributed by atoms with E-state index in [1.807, 2.05) is 0 Å². The van der Waals surface area contributed by atoms with Gasteiger partial charge in [0.1, 0.15) is 0 Å². The van der Waals surface area contributed by atoms with E-state index >= 15 is 0 Å². The summed E-state index contributed by atoms with van der Waals surface area (Å²) in [5, 5.41) is 2.54. The molecule has 0 aliphatic rings. The van der Waals surface area contributed by atoms with Gasteiger partial charge in [-0.1, -0.05) is 91.0 Å². The van der Waals surface area contributed by atoms with Crippen molar-refractivity contribution in [3.63, 3.8) is 0 Å². The molecule has 30 heavy (non-hydrogen) atoms. The van der Waals surface area contributed by atoms with Crippen LogP contribution in [0.25, 0.3) is 33.0 Å². The minimum Gasteiger partial charge on any atom is -0.345 e. The van der Waals surface area contributed by atoms with Crippen molar-refractivity contribution in [3.05, 3.63) is 121 Å². The molecule has 0 aromatic heterocycles. The Labute approximate surface area is 177 Å². The second kappa shape index (κ2) is 7.88. The van der Waals surface area contributed by atoms with Crippen molar-refractivity contribution in [1.82, 2.24) is 0 Å². The molecule has 0 saturated carbocycles. The first-order valence-corrected chi connectivity index (χ1v) is 10.3. The summed E-state index contributed by atoms with van der Waals surface area (Å²) in [5.74, 6) is 0. The summed E-state index contributed by atoms with van der Waals surface area (Å²) in [7, 11) is 2.13. The maximum atomic E-state index is 2.27. The van der Waals surface area contributed by atoms with Crippen LogP contribution in [-0.2, 0) is 0 Å². The minimum atomic E-state index is 1.17. The molecule has 0 spiro atoms. The number of fused-ring (bicyclic) bond motifs is 1. The summed E-state index contributed by atoms with van der Waals surface area (Å²) in [6.07, 6.45) is 0. The van der Waals surface area contributed by atoms with Crippen molar-refractivity contribution in [3.8, 4) is 22.3 Å². The van der Waals surface area contributed by atoms with Crippen LogP contribution in [0, 0.1) is 0 Å². The van der Waals surface area contributed by atoms with Crippen molar-refractivity contribution in [2.75, 3.05) is 11.9 Å². The van der Waals surface area contributed by atoms with Gasteiger partial charge in [0.05, 0.1) is 0 Å². The molecule has 0 unspecified atom stereocenters. The molecule has 0 atom stereocenters. The van der Waals surface area contributed by atoms with E-state index in [4.69, 9.17) is 0 Å². The average molecular weight is 386 g/mol. The van der Waals surface area contributed by atoms with Gasteiger partial charge in [-0.2, -0.15) is 0 Å². The van der Waals surface area contributed by atoms with Crippen molar-refractivity contribution in [1.29, 1.82) is 0 Å². The predicted molar refractivity (Wildman–Crippen MR) is 129 cm³/mol. The van der Waals surface area contributed by atoms with E-state index in [-0.39, 0.29) is 0 Å². The molecular formula is C29H23N. The molecule has 0 aliphatic heterocycles. The molecule has 0 saturated heterocycles. The second-order valence-corrected chi connectivity index (χ2v) is 7.59. The number of benzene rings is 5. The standard InChI is InChI=1S/C29H23N/c1-30(28-15-7-13-25(20-28)22-9-3-2-4-10-22)29-16-8-14-26(21-29)27-18-17-23-11-5-6-12-24(23)19-27/h2-21H,1H3. The third-order valence-corrected chi connectivity index (χ3v) is 5.66. The highest BCUT2D eigenvalue weighted by Crippen LogP contribution is 2.32. The van der Waals surface area contributed by atoms with Gasteiger partial charge in [-0.25, -0.2) is 0 Å². The smallest absolute Gasteiger partial charge is 0.0414 e. The number of nitrogens with zero attached hydrogens (tertiary/aromatic N) is 1. The Morgan fingerprint density at radius 3 is 1.63 bits per heavy atom. The molecule has 0 heterocycles. The van der Waals surface area contributed by atoms with Crippen LogP contribution < -0.4 is 4.90 Å². The van der Waals surface area contributed by atoms with Gasteiger partial charge in [0, 0.05) is 18.4 Å². The van der Waals surface area contributed by atoms with Crippen molar-refractivity contribution in [2.45, 2.75) is 0 Å². The van der Waals surface area contributed by atoms with Gasteiger partial charge in [-0.05, 0) is 63.4 Å². The lowest BCUT2D eigenvalue weighted by Crippen LogP contribution is -2.09. The Bertz CT molecular complexity index is 1300. The Morgan fingerprint density at radius 2 is 0.933 bits per heavy atom. The zero-order chi connectivity index (χ0) is 20.3. The van der Waals surface area contributed by atoms with Crippen LogP contribution in [0.3, 0.4) is 0 Å². The lowest BCUT2D eigenvalue weighted by atomic mass is 10.0. The van der Waals surface area contributed by atoms with Crippen LogP contribution in [0.15, 0.2) is 121 Å². The first-order valence-electron chi connectivity index (χ1n) is 10.3. The lowest BCUT2D eigenvalue weighted by Gasteiger charge is -2.21. The van der Waals surface area contributed by atoms with Gasteiger partial charge in [-0.15, -0.1) is 0 Å². The summed E-state index contributed by atoms with van der Waals surface area (Å²) in [4.78, 5) is 2.25. The monoisotopic (exact) mass is 385 g/mol. The number of hydrogen-bond acceptors (Lipinski definition) is 1. The highest BCUT2D eigenvalue weighted by molar-refractivity contribution is 5.88. The van der Waals surface area contributed by atoms with E-state index in [0.717, 1.165) is 0 Å². The molecule has 5 aromatic rings. The third kappa shape index (κ3) is 3.58. The molecule has 0 amide bonds. The normalized spacial score (nSPS) is 10.8. The van der Waals surface area contributed by atoms with E-state index in [2.05, 4.69) is 133 Å². The molecule has 5 aromatic carbocycles. The fraction of sp³-hybridized carbons (Fsp3) is 0.0345. The minimum absolute atomic E-state index is 1.17. The molecule has 0 radical (unpaired) electrons. The summed E-state index contributed by atoms with van der Waals surface area (Å²) in [5.41, 5.74) is 7.27. The fourth-order valence-corrected chi connectivity index (χ4v) is 3.94. The van der Waals surface area contributed by atoms with Gasteiger partial charge in [-0.3, -0.25) is 0 Å². The van der Waals surface area contributed by atoms with E-state index in [0.29, 0.717) is 0 Å². The first kappa shape index (κ1) is 18.2. The number of anilines is 2. The van der Waals surface area contributed by atoms with Crippen molar-refractivity contribution >= 4 is 22.1 Å². The molecule has 5 rings (SSSR count). The Hall–Kier alpha value is -3.84. The quantitative estimate of drug-likeness (QED) is 0.303. The molecule has 0 bridgehead atoms. The lowest BCUT2D eigenvalue weighted by molar-refractivity contribution is 1.21. The maximum absolute atomic E-state index is 2.27. The topological polar surface area (TPSA) is 3.24 Å². The van der Waals surface area contributed by atoms with Gasteiger partial charge in [0.15, 0.2) is 0 Å². The van der Waals surface area contributed by atoms with Gasteiger partial charge in [0.2, 0.25) is 0 Å². The second-order valence-electron chi connectivity index (χ2n) is 7.59.